The highest BCUT2D eigenvalue weighted by atomic mass is 16.5. The summed E-state index contributed by atoms with van der Waals surface area (Å²) >= 11 is 0. The number of aliphatic hydroxyl groups excluding tert-OH is 1. The van der Waals surface area contributed by atoms with Gasteiger partial charge >= 0.3 is 0 Å². The second-order valence-corrected chi connectivity index (χ2v) is 6.80. The van der Waals surface area contributed by atoms with Gasteiger partial charge in [0.25, 0.3) is 0 Å². The van der Waals surface area contributed by atoms with E-state index in [1.807, 2.05) is 6.07 Å². The van der Waals surface area contributed by atoms with Crippen LogP contribution in [0.15, 0.2) is 10.6 Å². The van der Waals surface area contributed by atoms with E-state index in [-0.39, 0.29) is 12.2 Å². The number of piperidine rings is 1. The fourth-order valence-electron chi connectivity index (χ4n) is 3.49. The van der Waals surface area contributed by atoms with Crippen molar-refractivity contribution in [3.63, 3.8) is 0 Å². The SMILES string of the molecule is COCc1cc(C[C@@H]2CC[C@H](O)[C@@H](CNC3CCNCC3)O2)no1. The minimum atomic E-state index is -0.392. The molecule has 0 spiro atoms. The maximum absolute atomic E-state index is 10.2. The number of aliphatic hydroxyl groups is 1. The second-order valence-electron chi connectivity index (χ2n) is 6.80. The van der Waals surface area contributed by atoms with Crippen molar-refractivity contribution in [2.24, 2.45) is 0 Å². The molecule has 0 amide bonds. The molecule has 2 aliphatic rings. The molecule has 3 atom stereocenters. The summed E-state index contributed by atoms with van der Waals surface area (Å²) in [6.45, 7) is 3.25. The number of nitrogens with zero attached hydrogens (tertiary/aromatic N) is 1. The predicted octanol–water partition coefficient (Wildman–Crippen LogP) is 0.614. The Labute approximate surface area is 143 Å². The van der Waals surface area contributed by atoms with Crippen molar-refractivity contribution in [3.05, 3.63) is 17.5 Å². The van der Waals surface area contributed by atoms with Gasteiger partial charge in [-0.05, 0) is 38.8 Å². The molecule has 7 heteroatoms. The molecule has 0 bridgehead atoms. The maximum Gasteiger partial charge on any atom is 0.162 e. The topological polar surface area (TPSA) is 88.8 Å². The molecule has 1 aromatic heterocycles. The molecule has 0 saturated carbocycles. The molecule has 0 aromatic carbocycles. The summed E-state index contributed by atoms with van der Waals surface area (Å²) in [5.41, 5.74) is 0.883. The van der Waals surface area contributed by atoms with Crippen LogP contribution in [0.1, 0.15) is 37.1 Å². The minimum Gasteiger partial charge on any atom is -0.390 e. The van der Waals surface area contributed by atoms with Crippen LogP contribution in [-0.4, -0.2) is 61.4 Å². The van der Waals surface area contributed by atoms with E-state index >= 15 is 0 Å². The third-order valence-corrected chi connectivity index (χ3v) is 4.86. The Hall–Kier alpha value is -0.990. The third kappa shape index (κ3) is 5.00. The zero-order chi connectivity index (χ0) is 16.8. The van der Waals surface area contributed by atoms with Crippen LogP contribution >= 0.6 is 0 Å². The van der Waals surface area contributed by atoms with Crippen LogP contribution in [0.5, 0.6) is 0 Å². The molecular weight excluding hydrogens is 310 g/mol. The van der Waals surface area contributed by atoms with Gasteiger partial charge in [0.1, 0.15) is 6.61 Å². The summed E-state index contributed by atoms with van der Waals surface area (Å²) in [5.74, 6) is 0.729. The van der Waals surface area contributed by atoms with E-state index in [0.717, 1.165) is 50.2 Å². The van der Waals surface area contributed by atoms with E-state index in [4.69, 9.17) is 14.0 Å². The lowest BCUT2D eigenvalue weighted by molar-refractivity contribution is -0.115. The lowest BCUT2D eigenvalue weighted by atomic mass is 9.97. The summed E-state index contributed by atoms with van der Waals surface area (Å²) in [4.78, 5) is 0. The lowest BCUT2D eigenvalue weighted by Crippen LogP contribution is -2.49. The van der Waals surface area contributed by atoms with Gasteiger partial charge in [-0.3, -0.25) is 0 Å². The number of nitrogens with one attached hydrogen (secondary N) is 2. The summed E-state index contributed by atoms with van der Waals surface area (Å²) in [7, 11) is 1.63. The Bertz CT molecular complexity index is 490. The second kappa shape index (κ2) is 8.92. The van der Waals surface area contributed by atoms with Crippen molar-refractivity contribution in [1.29, 1.82) is 0 Å². The molecule has 3 rings (SSSR count). The lowest BCUT2D eigenvalue weighted by Gasteiger charge is -2.35. The van der Waals surface area contributed by atoms with Gasteiger partial charge in [-0.25, -0.2) is 0 Å². The Morgan fingerprint density at radius 1 is 1.33 bits per heavy atom. The highest BCUT2D eigenvalue weighted by Gasteiger charge is 2.31. The quantitative estimate of drug-likeness (QED) is 0.671. The van der Waals surface area contributed by atoms with Crippen molar-refractivity contribution in [2.75, 3.05) is 26.7 Å². The predicted molar refractivity (Wildman–Crippen MR) is 88.7 cm³/mol. The van der Waals surface area contributed by atoms with Crippen molar-refractivity contribution < 1.29 is 19.1 Å². The first-order chi connectivity index (χ1) is 11.7. The number of ether oxygens (including phenoxy) is 2. The number of aromatic nitrogens is 1. The van der Waals surface area contributed by atoms with Gasteiger partial charge in [-0.15, -0.1) is 0 Å². The normalized spacial score (nSPS) is 29.0. The van der Waals surface area contributed by atoms with Crippen molar-refractivity contribution >= 4 is 0 Å². The highest BCUT2D eigenvalue weighted by molar-refractivity contribution is 5.06. The van der Waals surface area contributed by atoms with Gasteiger partial charge in [0, 0.05) is 32.2 Å². The fraction of sp³-hybridized carbons (Fsp3) is 0.824. The number of hydrogen-bond donors (Lipinski definition) is 3. The van der Waals surface area contributed by atoms with Gasteiger partial charge in [-0.1, -0.05) is 5.16 Å². The van der Waals surface area contributed by atoms with E-state index in [2.05, 4.69) is 15.8 Å². The van der Waals surface area contributed by atoms with E-state index < -0.39 is 6.10 Å². The molecule has 0 radical (unpaired) electrons. The molecule has 2 aliphatic heterocycles. The molecule has 24 heavy (non-hydrogen) atoms. The van der Waals surface area contributed by atoms with Gasteiger partial charge in [-0.2, -0.15) is 0 Å². The van der Waals surface area contributed by atoms with Gasteiger partial charge in [0.15, 0.2) is 5.76 Å². The molecule has 136 valence electrons. The fourth-order valence-corrected chi connectivity index (χ4v) is 3.49. The minimum absolute atomic E-state index is 0.0775. The molecule has 2 fully saturated rings. The van der Waals surface area contributed by atoms with E-state index in [9.17, 15) is 5.11 Å². The molecule has 1 aromatic rings. The molecular formula is C17H29N3O4. The van der Waals surface area contributed by atoms with Crippen LogP contribution in [0.25, 0.3) is 0 Å². The summed E-state index contributed by atoms with van der Waals surface area (Å²) in [6, 6.07) is 2.44. The number of rotatable bonds is 7. The molecule has 0 unspecified atom stereocenters. The molecule has 2 saturated heterocycles. The number of methoxy groups -OCH3 is 1. The van der Waals surface area contributed by atoms with Gasteiger partial charge in [0.05, 0.1) is 24.0 Å². The van der Waals surface area contributed by atoms with Crippen LogP contribution in [0.2, 0.25) is 0 Å². The number of hydrogen-bond acceptors (Lipinski definition) is 7. The van der Waals surface area contributed by atoms with Gasteiger partial charge < -0.3 is 29.7 Å². The summed E-state index contributed by atoms with van der Waals surface area (Å²) < 4.78 is 16.4. The monoisotopic (exact) mass is 339 g/mol. The zero-order valence-electron chi connectivity index (χ0n) is 14.4. The Morgan fingerprint density at radius 3 is 2.96 bits per heavy atom. The van der Waals surface area contributed by atoms with E-state index in [1.54, 1.807) is 7.11 Å². The zero-order valence-corrected chi connectivity index (χ0v) is 14.4. The first kappa shape index (κ1) is 17.8. The standard InChI is InChI=1S/C17H29N3O4/c1-22-11-15-9-13(20-24-15)8-14-2-3-16(21)17(23-14)10-19-12-4-6-18-7-5-12/h9,12,14,16-19,21H,2-8,10-11H2,1H3/t14-,16-,17+/m0/s1. The van der Waals surface area contributed by atoms with Crippen LogP contribution < -0.4 is 10.6 Å². The van der Waals surface area contributed by atoms with Crippen LogP contribution in [0.4, 0.5) is 0 Å². The summed E-state index contributed by atoms with van der Waals surface area (Å²) in [6.07, 6.45) is 4.13. The molecule has 0 aliphatic carbocycles. The largest absolute Gasteiger partial charge is 0.390 e. The van der Waals surface area contributed by atoms with Crippen LogP contribution in [0.3, 0.4) is 0 Å². The maximum atomic E-state index is 10.2. The smallest absolute Gasteiger partial charge is 0.162 e. The first-order valence-corrected chi connectivity index (χ1v) is 8.95. The Morgan fingerprint density at radius 2 is 2.17 bits per heavy atom. The highest BCUT2D eigenvalue weighted by Crippen LogP contribution is 2.23. The molecule has 3 N–H and O–H groups in total. The van der Waals surface area contributed by atoms with Crippen LogP contribution in [-0.2, 0) is 22.5 Å². The molecule has 3 heterocycles. The average Bonchev–Trinajstić information content (AvgIpc) is 3.04. The van der Waals surface area contributed by atoms with Crippen LogP contribution in [0, 0.1) is 0 Å². The van der Waals surface area contributed by atoms with Gasteiger partial charge in [0.2, 0.25) is 0 Å². The van der Waals surface area contributed by atoms with E-state index in [0.29, 0.717) is 25.6 Å². The summed E-state index contributed by atoms with van der Waals surface area (Å²) in [5, 5.41) is 21.2. The third-order valence-electron chi connectivity index (χ3n) is 4.86. The van der Waals surface area contributed by atoms with E-state index in [1.165, 1.54) is 0 Å². The molecule has 7 nitrogen and oxygen atoms in total. The van der Waals surface area contributed by atoms with Crippen molar-refractivity contribution in [3.8, 4) is 0 Å². The van der Waals surface area contributed by atoms with Crippen molar-refractivity contribution in [1.82, 2.24) is 15.8 Å². The Kier molecular flexibility index (Phi) is 6.62. The Balaban J connectivity index is 1.46. The first-order valence-electron chi connectivity index (χ1n) is 8.95. The van der Waals surface area contributed by atoms with Crippen molar-refractivity contribution in [2.45, 2.75) is 63.1 Å². The average molecular weight is 339 g/mol.